The molecule has 1 aliphatic rings. The molecule has 1 atom stereocenters. The van der Waals surface area contributed by atoms with Crippen LogP contribution in [0.1, 0.15) is 31.9 Å². The van der Waals surface area contributed by atoms with E-state index in [0.717, 1.165) is 32.6 Å². The van der Waals surface area contributed by atoms with Crippen LogP contribution in [0.25, 0.3) is 0 Å². The van der Waals surface area contributed by atoms with Gasteiger partial charge in [0.2, 0.25) is 5.88 Å². The molecular formula is C14H24N5O2S+. The predicted octanol–water partition coefficient (Wildman–Crippen LogP) is -0.253. The summed E-state index contributed by atoms with van der Waals surface area (Å²) in [5.41, 5.74) is -0.259. The first kappa shape index (κ1) is 16.7. The van der Waals surface area contributed by atoms with Crippen molar-refractivity contribution in [3.05, 3.63) is 20.7 Å². The molecule has 2 rings (SSSR count). The number of aromatic hydroxyl groups is 1. The molecule has 3 N–H and O–H groups in total. The molecule has 0 unspecified atom stereocenters. The van der Waals surface area contributed by atoms with Crippen LogP contribution >= 0.6 is 12.2 Å². The number of quaternary nitrogens is 1. The SMILES string of the molecule is CC[C@H](C)n1c(O)c(/C=N/N2CC[NH+](C)CC2)c(=O)[nH]c1=S. The summed E-state index contributed by atoms with van der Waals surface area (Å²) < 4.78 is 1.80. The second kappa shape index (κ2) is 7.06. The average Bonchev–Trinajstić information content (AvgIpc) is 2.48. The van der Waals surface area contributed by atoms with Gasteiger partial charge in [0, 0.05) is 6.04 Å². The molecule has 7 nitrogen and oxygen atoms in total. The van der Waals surface area contributed by atoms with E-state index in [4.69, 9.17) is 12.2 Å². The number of hydrogen-bond donors (Lipinski definition) is 3. The van der Waals surface area contributed by atoms with Crippen LogP contribution in [0, 0.1) is 4.77 Å². The number of nitrogens with zero attached hydrogens (tertiary/aromatic N) is 3. The minimum absolute atomic E-state index is 0.00346. The molecule has 1 aliphatic heterocycles. The first-order valence-electron chi connectivity index (χ1n) is 7.62. The summed E-state index contributed by atoms with van der Waals surface area (Å²) in [6.45, 7) is 7.64. The summed E-state index contributed by atoms with van der Waals surface area (Å²) >= 11 is 5.14. The third-order valence-corrected chi connectivity index (χ3v) is 4.43. The standard InChI is InChI=1S/C14H23N5O2S/c1-4-10(2)19-13(21)11(12(20)16-14(19)22)9-15-18-7-5-17(3)6-8-18/h9-10,21H,4-8H2,1-3H3,(H,16,20,22)/p+1/b15-9+/t10-/m0/s1. The van der Waals surface area contributed by atoms with Gasteiger partial charge in [-0.3, -0.25) is 19.4 Å². The molecule has 0 spiro atoms. The first-order chi connectivity index (χ1) is 10.4. The molecule has 2 heterocycles. The zero-order chi connectivity index (χ0) is 16.3. The van der Waals surface area contributed by atoms with Gasteiger partial charge in [-0.2, -0.15) is 5.10 Å². The van der Waals surface area contributed by atoms with E-state index in [1.54, 1.807) is 4.57 Å². The van der Waals surface area contributed by atoms with E-state index in [0.29, 0.717) is 0 Å². The Morgan fingerprint density at radius 3 is 2.73 bits per heavy atom. The smallest absolute Gasteiger partial charge is 0.264 e. The third kappa shape index (κ3) is 3.56. The third-order valence-electron chi connectivity index (χ3n) is 4.13. The molecule has 1 saturated heterocycles. The van der Waals surface area contributed by atoms with Crippen LogP contribution in [0.5, 0.6) is 5.88 Å². The Morgan fingerprint density at radius 2 is 2.14 bits per heavy atom. The minimum atomic E-state index is -0.412. The lowest BCUT2D eigenvalue weighted by Crippen LogP contribution is -3.11. The van der Waals surface area contributed by atoms with Crippen molar-refractivity contribution in [2.75, 3.05) is 33.2 Å². The Bertz CT molecular complexity index is 658. The van der Waals surface area contributed by atoms with Crippen molar-refractivity contribution >= 4 is 18.4 Å². The molecule has 22 heavy (non-hydrogen) atoms. The molecule has 0 radical (unpaired) electrons. The van der Waals surface area contributed by atoms with E-state index in [9.17, 15) is 9.90 Å². The van der Waals surface area contributed by atoms with Crippen LogP contribution in [0.4, 0.5) is 0 Å². The number of rotatable bonds is 4. The van der Waals surface area contributed by atoms with E-state index in [-0.39, 0.29) is 22.3 Å². The van der Waals surface area contributed by atoms with Gasteiger partial charge >= 0.3 is 0 Å². The van der Waals surface area contributed by atoms with Crippen molar-refractivity contribution in [2.45, 2.75) is 26.3 Å². The highest BCUT2D eigenvalue weighted by Gasteiger charge is 2.17. The Morgan fingerprint density at radius 1 is 1.50 bits per heavy atom. The maximum Gasteiger partial charge on any atom is 0.264 e. The van der Waals surface area contributed by atoms with Crippen LogP contribution in [-0.2, 0) is 0 Å². The number of piperazine rings is 1. The number of H-pyrrole nitrogens is 1. The summed E-state index contributed by atoms with van der Waals surface area (Å²) in [6.07, 6.45) is 2.23. The molecule has 1 aromatic heterocycles. The van der Waals surface area contributed by atoms with Crippen molar-refractivity contribution in [3.8, 4) is 5.88 Å². The van der Waals surface area contributed by atoms with Gasteiger partial charge < -0.3 is 10.0 Å². The lowest BCUT2D eigenvalue weighted by Gasteiger charge is -2.27. The van der Waals surface area contributed by atoms with Crippen LogP contribution < -0.4 is 10.5 Å². The number of aromatic amines is 1. The van der Waals surface area contributed by atoms with Gasteiger partial charge in [-0.05, 0) is 25.6 Å². The molecule has 0 bridgehead atoms. The molecule has 0 amide bonds. The van der Waals surface area contributed by atoms with Crippen molar-refractivity contribution < 1.29 is 10.0 Å². The van der Waals surface area contributed by atoms with Crippen LogP contribution in [0.2, 0.25) is 0 Å². The van der Waals surface area contributed by atoms with Gasteiger partial charge in [0.15, 0.2) is 4.77 Å². The van der Waals surface area contributed by atoms with E-state index in [2.05, 4.69) is 17.1 Å². The lowest BCUT2D eigenvalue weighted by atomic mass is 10.2. The molecule has 122 valence electrons. The Labute approximate surface area is 134 Å². The number of hydrazone groups is 1. The highest BCUT2D eigenvalue weighted by Crippen LogP contribution is 2.20. The van der Waals surface area contributed by atoms with E-state index >= 15 is 0 Å². The topological polar surface area (TPSA) is 78.1 Å². The highest BCUT2D eigenvalue weighted by atomic mass is 32.1. The Hall–Kier alpha value is -1.67. The molecule has 8 heteroatoms. The number of nitrogens with one attached hydrogen (secondary N) is 2. The fourth-order valence-corrected chi connectivity index (χ4v) is 2.75. The summed E-state index contributed by atoms with van der Waals surface area (Å²) in [6, 6.07) is 0.00346. The number of hydrogen-bond acceptors (Lipinski definition) is 5. The maximum atomic E-state index is 12.0. The van der Waals surface area contributed by atoms with Crippen molar-refractivity contribution in [3.63, 3.8) is 0 Å². The van der Waals surface area contributed by atoms with E-state index in [1.165, 1.54) is 11.1 Å². The number of aromatic nitrogens is 2. The molecular weight excluding hydrogens is 302 g/mol. The molecule has 1 fully saturated rings. The summed E-state index contributed by atoms with van der Waals surface area (Å²) in [5.74, 6) is -0.119. The van der Waals surface area contributed by atoms with Gasteiger partial charge in [0.25, 0.3) is 5.56 Å². The minimum Gasteiger partial charge on any atom is -0.494 e. The molecule has 0 aromatic carbocycles. The number of likely N-dealkylation sites (N-methyl/N-ethyl adjacent to an activating group) is 1. The van der Waals surface area contributed by atoms with Crippen LogP contribution in [0.15, 0.2) is 9.90 Å². The largest absolute Gasteiger partial charge is 0.494 e. The Balaban J connectivity index is 2.31. The van der Waals surface area contributed by atoms with Gasteiger partial charge in [-0.25, -0.2) is 0 Å². The maximum absolute atomic E-state index is 12.0. The first-order valence-corrected chi connectivity index (χ1v) is 8.02. The summed E-state index contributed by atoms with van der Waals surface area (Å²) in [4.78, 5) is 16.1. The second-order valence-corrected chi connectivity index (χ2v) is 6.17. The monoisotopic (exact) mass is 326 g/mol. The van der Waals surface area contributed by atoms with Gasteiger partial charge in [-0.1, -0.05) is 6.92 Å². The Kier molecular flexibility index (Phi) is 5.36. The fraction of sp³-hybridized carbons (Fsp3) is 0.643. The summed E-state index contributed by atoms with van der Waals surface area (Å²) in [5, 5.41) is 16.6. The average molecular weight is 326 g/mol. The second-order valence-electron chi connectivity index (χ2n) is 5.78. The van der Waals surface area contributed by atoms with Gasteiger partial charge in [0.05, 0.1) is 39.4 Å². The summed E-state index contributed by atoms with van der Waals surface area (Å²) in [7, 11) is 2.15. The zero-order valence-corrected chi connectivity index (χ0v) is 14.1. The highest BCUT2D eigenvalue weighted by molar-refractivity contribution is 7.71. The van der Waals surface area contributed by atoms with E-state index in [1.807, 2.05) is 18.9 Å². The normalized spacial score (nSPS) is 18.0. The van der Waals surface area contributed by atoms with Crippen LogP contribution in [-0.4, -0.2) is 59.1 Å². The molecule has 0 saturated carbocycles. The zero-order valence-electron chi connectivity index (χ0n) is 13.3. The quantitative estimate of drug-likeness (QED) is 0.527. The van der Waals surface area contributed by atoms with Crippen molar-refractivity contribution in [1.29, 1.82) is 0 Å². The van der Waals surface area contributed by atoms with Crippen LogP contribution in [0.3, 0.4) is 0 Å². The van der Waals surface area contributed by atoms with Crippen molar-refractivity contribution in [1.82, 2.24) is 14.6 Å². The lowest BCUT2D eigenvalue weighted by molar-refractivity contribution is -0.884. The molecule has 0 aliphatic carbocycles. The molecule has 1 aromatic rings. The fourth-order valence-electron chi connectivity index (χ4n) is 2.39. The van der Waals surface area contributed by atoms with Gasteiger partial charge in [0.1, 0.15) is 5.56 Å². The predicted molar refractivity (Wildman–Crippen MR) is 88.3 cm³/mol. The van der Waals surface area contributed by atoms with Gasteiger partial charge in [-0.15, -0.1) is 0 Å². The van der Waals surface area contributed by atoms with Crippen molar-refractivity contribution in [2.24, 2.45) is 5.10 Å². The van der Waals surface area contributed by atoms with E-state index < -0.39 is 5.56 Å².